The third kappa shape index (κ3) is 4.71. The monoisotopic (exact) mass is 374 g/mol. The topological polar surface area (TPSA) is 58.6 Å². The van der Waals surface area contributed by atoms with E-state index in [9.17, 15) is 4.79 Å². The summed E-state index contributed by atoms with van der Waals surface area (Å²) in [6.45, 7) is 7.91. The van der Waals surface area contributed by atoms with Gasteiger partial charge in [-0.05, 0) is 37.6 Å². The standard InChI is InChI=1S/C19H23ClN4O2/c1-14(2)26-19(25)16-4-3-7-21-18(16)24-10-8-23(9-11-24)13-15-5-6-17(20)22-12-15/h3-7,12,14H,8-11,13H2,1-2H3. The maximum absolute atomic E-state index is 12.3. The van der Waals surface area contributed by atoms with Crippen molar-refractivity contribution < 1.29 is 9.53 Å². The van der Waals surface area contributed by atoms with Crippen molar-refractivity contribution in [2.75, 3.05) is 31.1 Å². The second kappa shape index (κ2) is 8.47. The average molecular weight is 375 g/mol. The predicted octanol–water partition coefficient (Wildman–Crippen LogP) is 3.02. The molecule has 26 heavy (non-hydrogen) atoms. The van der Waals surface area contributed by atoms with Crippen molar-refractivity contribution in [1.82, 2.24) is 14.9 Å². The molecule has 1 saturated heterocycles. The number of carbonyl (C=O) groups is 1. The van der Waals surface area contributed by atoms with Crippen LogP contribution in [0.3, 0.4) is 0 Å². The molecule has 1 aliphatic rings. The molecule has 0 radical (unpaired) electrons. The van der Waals surface area contributed by atoms with Crippen LogP contribution in [0.1, 0.15) is 29.8 Å². The molecule has 6 nitrogen and oxygen atoms in total. The number of carbonyl (C=O) groups excluding carboxylic acids is 1. The Kier molecular flexibility index (Phi) is 6.06. The van der Waals surface area contributed by atoms with Crippen molar-refractivity contribution in [3.63, 3.8) is 0 Å². The van der Waals surface area contributed by atoms with Gasteiger partial charge in [0.05, 0.1) is 6.10 Å². The summed E-state index contributed by atoms with van der Waals surface area (Å²) in [6.07, 6.45) is 3.38. The van der Waals surface area contributed by atoms with Crippen LogP contribution < -0.4 is 4.90 Å². The van der Waals surface area contributed by atoms with Crippen molar-refractivity contribution in [2.24, 2.45) is 0 Å². The molecule has 2 aromatic rings. The quantitative estimate of drug-likeness (QED) is 0.592. The van der Waals surface area contributed by atoms with Gasteiger partial charge < -0.3 is 9.64 Å². The molecule has 138 valence electrons. The Labute approximate surface area is 158 Å². The van der Waals surface area contributed by atoms with Crippen LogP contribution in [0.25, 0.3) is 0 Å². The molecular weight excluding hydrogens is 352 g/mol. The van der Waals surface area contributed by atoms with E-state index in [1.54, 1.807) is 18.3 Å². The van der Waals surface area contributed by atoms with E-state index < -0.39 is 0 Å². The highest BCUT2D eigenvalue weighted by Crippen LogP contribution is 2.21. The van der Waals surface area contributed by atoms with Crippen LogP contribution in [0.2, 0.25) is 5.15 Å². The van der Waals surface area contributed by atoms with Crippen molar-refractivity contribution in [2.45, 2.75) is 26.5 Å². The molecule has 1 aliphatic heterocycles. The summed E-state index contributed by atoms with van der Waals surface area (Å²) in [4.78, 5) is 25.4. The Morgan fingerprint density at radius 1 is 1.19 bits per heavy atom. The van der Waals surface area contributed by atoms with Gasteiger partial charge in [0.25, 0.3) is 0 Å². The number of halogens is 1. The van der Waals surface area contributed by atoms with Crippen LogP contribution >= 0.6 is 11.6 Å². The number of esters is 1. The number of anilines is 1. The van der Waals surface area contributed by atoms with Gasteiger partial charge in [-0.15, -0.1) is 0 Å². The van der Waals surface area contributed by atoms with E-state index in [-0.39, 0.29) is 12.1 Å². The largest absolute Gasteiger partial charge is 0.459 e. The van der Waals surface area contributed by atoms with E-state index in [1.807, 2.05) is 32.2 Å². The number of hydrogen-bond acceptors (Lipinski definition) is 6. The molecule has 7 heteroatoms. The fourth-order valence-electron chi connectivity index (χ4n) is 2.96. The SMILES string of the molecule is CC(C)OC(=O)c1cccnc1N1CCN(Cc2ccc(Cl)nc2)CC1. The molecule has 2 aromatic heterocycles. The van der Waals surface area contributed by atoms with Crippen LogP contribution in [0.4, 0.5) is 5.82 Å². The van der Waals surface area contributed by atoms with E-state index in [0.29, 0.717) is 16.5 Å². The fourth-order valence-corrected chi connectivity index (χ4v) is 3.07. The lowest BCUT2D eigenvalue weighted by atomic mass is 10.2. The lowest BCUT2D eigenvalue weighted by molar-refractivity contribution is 0.0378. The highest BCUT2D eigenvalue weighted by Gasteiger charge is 2.23. The first kappa shape index (κ1) is 18.6. The zero-order chi connectivity index (χ0) is 18.5. The van der Waals surface area contributed by atoms with Crippen molar-refractivity contribution in [3.05, 3.63) is 52.9 Å². The lowest BCUT2D eigenvalue weighted by Gasteiger charge is -2.36. The molecule has 0 atom stereocenters. The van der Waals surface area contributed by atoms with E-state index in [1.165, 1.54) is 0 Å². The molecule has 0 N–H and O–H groups in total. The highest BCUT2D eigenvalue weighted by atomic mass is 35.5. The van der Waals surface area contributed by atoms with Gasteiger partial charge in [0.15, 0.2) is 0 Å². The highest BCUT2D eigenvalue weighted by molar-refractivity contribution is 6.29. The first-order valence-corrected chi connectivity index (χ1v) is 9.14. The second-order valence-electron chi connectivity index (χ2n) is 6.58. The summed E-state index contributed by atoms with van der Waals surface area (Å²) in [5, 5.41) is 0.509. The Morgan fingerprint density at radius 2 is 1.96 bits per heavy atom. The maximum atomic E-state index is 12.3. The number of ether oxygens (including phenoxy) is 1. The van der Waals surface area contributed by atoms with Crippen LogP contribution in [0.15, 0.2) is 36.7 Å². The second-order valence-corrected chi connectivity index (χ2v) is 6.97. The minimum absolute atomic E-state index is 0.152. The van der Waals surface area contributed by atoms with Gasteiger partial charge in [-0.3, -0.25) is 4.90 Å². The summed E-state index contributed by atoms with van der Waals surface area (Å²) in [7, 11) is 0. The molecule has 3 rings (SSSR count). The summed E-state index contributed by atoms with van der Waals surface area (Å²) in [6, 6.07) is 7.36. The molecule has 0 unspecified atom stereocenters. The molecule has 0 saturated carbocycles. The van der Waals surface area contributed by atoms with Crippen molar-refractivity contribution >= 4 is 23.4 Å². The first-order valence-electron chi connectivity index (χ1n) is 8.76. The normalized spacial score (nSPS) is 15.3. The van der Waals surface area contributed by atoms with E-state index in [0.717, 1.165) is 38.3 Å². The Bertz CT molecular complexity index is 743. The fraction of sp³-hybridized carbons (Fsp3) is 0.421. The zero-order valence-corrected chi connectivity index (χ0v) is 15.8. The predicted molar refractivity (Wildman–Crippen MR) is 102 cm³/mol. The molecule has 0 aromatic carbocycles. The minimum Gasteiger partial charge on any atom is -0.459 e. The lowest BCUT2D eigenvalue weighted by Crippen LogP contribution is -2.46. The number of pyridine rings is 2. The zero-order valence-electron chi connectivity index (χ0n) is 15.1. The van der Waals surface area contributed by atoms with E-state index >= 15 is 0 Å². The molecule has 0 spiro atoms. The van der Waals surface area contributed by atoms with E-state index in [4.69, 9.17) is 16.3 Å². The number of hydrogen-bond donors (Lipinski definition) is 0. The van der Waals surface area contributed by atoms with Crippen molar-refractivity contribution in [1.29, 1.82) is 0 Å². The number of rotatable bonds is 5. The summed E-state index contributed by atoms with van der Waals surface area (Å²) >= 11 is 5.84. The third-order valence-corrected chi connectivity index (χ3v) is 4.44. The van der Waals surface area contributed by atoms with Gasteiger partial charge in [0, 0.05) is 45.1 Å². The molecule has 3 heterocycles. The first-order chi connectivity index (χ1) is 12.5. The maximum Gasteiger partial charge on any atom is 0.342 e. The van der Waals surface area contributed by atoms with Gasteiger partial charge in [0.2, 0.25) is 0 Å². The molecular formula is C19H23ClN4O2. The third-order valence-electron chi connectivity index (χ3n) is 4.22. The van der Waals surface area contributed by atoms with Crippen LogP contribution in [-0.2, 0) is 11.3 Å². The van der Waals surface area contributed by atoms with Crippen LogP contribution in [0.5, 0.6) is 0 Å². The van der Waals surface area contributed by atoms with Gasteiger partial charge in [-0.25, -0.2) is 14.8 Å². The van der Waals surface area contributed by atoms with Crippen LogP contribution in [0, 0.1) is 0 Å². The number of nitrogens with zero attached hydrogens (tertiary/aromatic N) is 4. The molecule has 0 amide bonds. The molecule has 0 bridgehead atoms. The molecule has 0 aliphatic carbocycles. The van der Waals surface area contributed by atoms with E-state index in [2.05, 4.69) is 19.8 Å². The van der Waals surface area contributed by atoms with Gasteiger partial charge >= 0.3 is 5.97 Å². The Hall–Kier alpha value is -2.18. The van der Waals surface area contributed by atoms with Crippen LogP contribution in [-0.4, -0.2) is 53.1 Å². The smallest absolute Gasteiger partial charge is 0.342 e. The van der Waals surface area contributed by atoms with Gasteiger partial charge in [-0.2, -0.15) is 0 Å². The Balaban J connectivity index is 1.63. The minimum atomic E-state index is -0.322. The summed E-state index contributed by atoms with van der Waals surface area (Å²) in [5.41, 5.74) is 1.67. The van der Waals surface area contributed by atoms with Gasteiger partial charge in [-0.1, -0.05) is 17.7 Å². The summed E-state index contributed by atoms with van der Waals surface area (Å²) < 4.78 is 5.34. The van der Waals surface area contributed by atoms with Gasteiger partial charge in [0.1, 0.15) is 16.5 Å². The average Bonchev–Trinajstić information content (AvgIpc) is 2.64. The van der Waals surface area contributed by atoms with Crippen molar-refractivity contribution in [3.8, 4) is 0 Å². The number of aromatic nitrogens is 2. The Morgan fingerprint density at radius 3 is 2.62 bits per heavy atom. The number of piperazine rings is 1. The molecule has 1 fully saturated rings. The summed E-state index contributed by atoms with van der Waals surface area (Å²) in [5.74, 6) is 0.378.